The van der Waals surface area contributed by atoms with Gasteiger partial charge in [-0.2, -0.15) is 0 Å². The Bertz CT molecular complexity index is 751. The largest absolute Gasteiger partial charge is 0.477 e. The molecule has 2 aromatic heterocycles. The molecule has 2 heterocycles. The maximum atomic E-state index is 12.1. The smallest absolute Gasteiger partial charge is 0.354 e. The summed E-state index contributed by atoms with van der Waals surface area (Å²) in [4.78, 5) is 14.5. The van der Waals surface area contributed by atoms with Crippen molar-refractivity contribution in [3.8, 4) is 0 Å². The second-order valence-electron chi connectivity index (χ2n) is 3.84. The predicted molar refractivity (Wildman–Crippen MR) is 78.8 cm³/mol. The third-order valence-corrected chi connectivity index (χ3v) is 6.27. The molecule has 0 amide bonds. The minimum absolute atomic E-state index is 0.0351. The van der Waals surface area contributed by atoms with Gasteiger partial charge in [0.1, 0.15) is 10.0 Å². The van der Waals surface area contributed by atoms with Crippen LogP contribution in [0.2, 0.25) is 0 Å². The van der Waals surface area contributed by atoms with Crippen LogP contribution in [-0.4, -0.2) is 24.5 Å². The molecule has 2 N–H and O–H groups in total. The average molecular weight is 377 g/mol. The molecule has 0 aliphatic carbocycles. The van der Waals surface area contributed by atoms with E-state index < -0.39 is 16.0 Å². The summed E-state index contributed by atoms with van der Waals surface area (Å²) < 4.78 is 27.4. The van der Waals surface area contributed by atoms with Crippen LogP contribution in [0.5, 0.6) is 0 Å². The molecule has 0 spiro atoms. The van der Waals surface area contributed by atoms with Gasteiger partial charge in [0, 0.05) is 0 Å². The topological polar surface area (TPSA) is 96.4 Å². The number of anilines is 1. The molecule has 20 heavy (non-hydrogen) atoms. The van der Waals surface area contributed by atoms with E-state index in [0.717, 1.165) is 20.7 Å². The number of carbonyl (C=O) groups is 1. The van der Waals surface area contributed by atoms with Gasteiger partial charge in [0.25, 0.3) is 10.0 Å². The van der Waals surface area contributed by atoms with Crippen LogP contribution in [0.3, 0.4) is 0 Å². The van der Waals surface area contributed by atoms with Gasteiger partial charge in [0.05, 0.1) is 3.79 Å². The Labute approximate surface area is 127 Å². The first kappa shape index (κ1) is 14.9. The Morgan fingerprint density at radius 1 is 1.45 bits per heavy atom. The number of hydrogen-bond donors (Lipinski definition) is 2. The van der Waals surface area contributed by atoms with Crippen LogP contribution in [-0.2, 0) is 10.0 Å². The van der Waals surface area contributed by atoms with Crippen LogP contribution < -0.4 is 4.72 Å². The van der Waals surface area contributed by atoms with E-state index in [9.17, 15) is 13.2 Å². The zero-order valence-electron chi connectivity index (χ0n) is 10.1. The highest BCUT2D eigenvalue weighted by Crippen LogP contribution is 2.31. The molecule has 0 aliphatic rings. The Balaban J connectivity index is 2.33. The van der Waals surface area contributed by atoms with Gasteiger partial charge in [-0.25, -0.2) is 18.2 Å². The number of nitrogens with one attached hydrogen (secondary N) is 1. The minimum atomic E-state index is -3.77. The van der Waals surface area contributed by atoms with Crippen molar-refractivity contribution in [2.24, 2.45) is 0 Å². The molecule has 0 saturated carbocycles. The Hall–Kier alpha value is -1.45. The lowest BCUT2D eigenvalue weighted by Crippen LogP contribution is -2.13. The number of halogens is 1. The van der Waals surface area contributed by atoms with Crippen LogP contribution in [0, 0.1) is 6.92 Å². The van der Waals surface area contributed by atoms with Crippen LogP contribution in [0.1, 0.15) is 16.1 Å². The third-order valence-electron chi connectivity index (χ3n) is 2.31. The lowest BCUT2D eigenvalue weighted by molar-refractivity contribution is 0.0690. The van der Waals surface area contributed by atoms with Crippen LogP contribution >= 0.6 is 27.3 Å². The number of nitrogens with zero attached hydrogens (tertiary/aromatic N) is 1. The molecule has 0 aliphatic heterocycles. The van der Waals surface area contributed by atoms with Crippen molar-refractivity contribution in [1.82, 2.24) is 4.98 Å². The van der Waals surface area contributed by atoms with Crippen molar-refractivity contribution >= 4 is 49.1 Å². The molecule has 9 heteroatoms. The molecule has 0 saturated heterocycles. The lowest BCUT2D eigenvalue weighted by atomic mass is 10.3. The SMILES string of the molecule is Cc1cc(S(=O)(=O)Nc2cccc(C(=O)O)n2)sc1Br. The number of rotatable bonds is 4. The fourth-order valence-corrected chi connectivity index (χ4v) is 4.59. The summed E-state index contributed by atoms with van der Waals surface area (Å²) in [6, 6.07) is 5.62. The molecule has 0 bridgehead atoms. The number of carboxylic acid groups (broad SMARTS) is 1. The molecule has 6 nitrogen and oxygen atoms in total. The van der Waals surface area contributed by atoms with E-state index in [1.54, 1.807) is 6.92 Å². The number of pyridine rings is 1. The molecule has 0 atom stereocenters. The van der Waals surface area contributed by atoms with Gasteiger partial charge in [-0.1, -0.05) is 6.07 Å². The molecule has 0 aromatic carbocycles. The van der Waals surface area contributed by atoms with E-state index in [1.807, 2.05) is 0 Å². The monoisotopic (exact) mass is 376 g/mol. The maximum Gasteiger partial charge on any atom is 0.354 e. The minimum Gasteiger partial charge on any atom is -0.477 e. The van der Waals surface area contributed by atoms with Gasteiger partial charge < -0.3 is 5.11 Å². The number of aryl methyl sites for hydroxylation is 1. The van der Waals surface area contributed by atoms with Crippen molar-refractivity contribution in [2.75, 3.05) is 4.72 Å². The first-order valence-corrected chi connectivity index (χ1v) is 8.38. The van der Waals surface area contributed by atoms with Gasteiger partial charge in [-0.05, 0) is 46.6 Å². The highest BCUT2D eigenvalue weighted by Gasteiger charge is 2.19. The number of sulfonamides is 1. The molecular formula is C11H9BrN2O4S2. The van der Waals surface area contributed by atoms with Gasteiger partial charge in [-0.3, -0.25) is 4.72 Å². The van der Waals surface area contributed by atoms with E-state index in [0.29, 0.717) is 0 Å². The fourth-order valence-electron chi connectivity index (χ4n) is 1.36. The maximum absolute atomic E-state index is 12.1. The number of aromatic carboxylic acids is 1. The number of aromatic nitrogens is 1. The summed E-state index contributed by atoms with van der Waals surface area (Å²) in [7, 11) is -3.77. The van der Waals surface area contributed by atoms with Crippen molar-refractivity contribution in [3.05, 3.63) is 39.3 Å². The summed E-state index contributed by atoms with van der Waals surface area (Å²) in [5.41, 5.74) is 0.580. The Kier molecular flexibility index (Phi) is 4.11. The van der Waals surface area contributed by atoms with Crippen molar-refractivity contribution in [3.63, 3.8) is 0 Å². The molecule has 0 fully saturated rings. The van der Waals surface area contributed by atoms with Crippen LogP contribution in [0.15, 0.2) is 32.3 Å². The molecule has 106 valence electrons. The second-order valence-corrected chi connectivity index (χ2v) is 8.12. The average Bonchev–Trinajstić information content (AvgIpc) is 2.70. The highest BCUT2D eigenvalue weighted by atomic mass is 79.9. The summed E-state index contributed by atoms with van der Waals surface area (Å²) in [6.07, 6.45) is 0. The van der Waals surface area contributed by atoms with Crippen molar-refractivity contribution < 1.29 is 18.3 Å². The standard InChI is InChI=1S/C11H9BrN2O4S2/c1-6-5-9(19-10(6)12)20(17,18)14-8-4-2-3-7(13-8)11(15)16/h2-5H,1H3,(H,13,14)(H,15,16). The van der Waals surface area contributed by atoms with Gasteiger partial charge in [0.2, 0.25) is 0 Å². The second kappa shape index (κ2) is 5.51. The quantitative estimate of drug-likeness (QED) is 0.854. The summed E-state index contributed by atoms with van der Waals surface area (Å²) in [5, 5.41) is 8.82. The number of carboxylic acids is 1. The summed E-state index contributed by atoms with van der Waals surface area (Å²) in [6.45, 7) is 1.78. The molecule has 0 unspecified atom stereocenters. The summed E-state index contributed by atoms with van der Waals surface area (Å²) >= 11 is 4.33. The molecule has 2 aromatic rings. The lowest BCUT2D eigenvalue weighted by Gasteiger charge is -2.05. The molecular weight excluding hydrogens is 368 g/mol. The zero-order chi connectivity index (χ0) is 14.9. The van der Waals surface area contributed by atoms with E-state index >= 15 is 0 Å². The number of hydrogen-bond acceptors (Lipinski definition) is 5. The van der Waals surface area contributed by atoms with E-state index in [-0.39, 0.29) is 15.7 Å². The first-order chi connectivity index (χ1) is 9.29. The summed E-state index contributed by atoms with van der Waals surface area (Å²) in [5.74, 6) is -1.26. The predicted octanol–water partition coefficient (Wildman–Crippen LogP) is 2.71. The van der Waals surface area contributed by atoms with Crippen molar-refractivity contribution in [1.29, 1.82) is 0 Å². The highest BCUT2D eigenvalue weighted by molar-refractivity contribution is 9.11. The van der Waals surface area contributed by atoms with Gasteiger partial charge >= 0.3 is 5.97 Å². The fraction of sp³-hybridized carbons (Fsp3) is 0.0909. The van der Waals surface area contributed by atoms with E-state index in [1.165, 1.54) is 24.3 Å². The molecule has 2 rings (SSSR count). The first-order valence-electron chi connectivity index (χ1n) is 5.29. The zero-order valence-corrected chi connectivity index (χ0v) is 13.3. The normalized spacial score (nSPS) is 11.3. The number of thiophene rings is 1. The van der Waals surface area contributed by atoms with Crippen LogP contribution in [0.25, 0.3) is 0 Å². The van der Waals surface area contributed by atoms with Gasteiger partial charge in [0.15, 0.2) is 5.69 Å². The molecule has 0 radical (unpaired) electrons. The van der Waals surface area contributed by atoms with Crippen molar-refractivity contribution in [2.45, 2.75) is 11.1 Å². The Morgan fingerprint density at radius 2 is 2.15 bits per heavy atom. The van der Waals surface area contributed by atoms with E-state index in [2.05, 4.69) is 25.6 Å². The Morgan fingerprint density at radius 3 is 2.70 bits per heavy atom. The van der Waals surface area contributed by atoms with Crippen LogP contribution in [0.4, 0.5) is 5.82 Å². The third kappa shape index (κ3) is 3.17. The van der Waals surface area contributed by atoms with Gasteiger partial charge in [-0.15, -0.1) is 11.3 Å². The van der Waals surface area contributed by atoms with E-state index in [4.69, 9.17) is 5.11 Å².